The van der Waals surface area contributed by atoms with Crippen molar-refractivity contribution in [3.8, 4) is 0 Å². The number of furan rings is 1. The van der Waals surface area contributed by atoms with Crippen LogP contribution in [0.25, 0.3) is 11.0 Å². The largest absolute Gasteiger partial charge is 0.466 e. The minimum atomic E-state index is -0.839. The minimum Gasteiger partial charge on any atom is -0.466 e. The fourth-order valence-corrected chi connectivity index (χ4v) is 1.69. The summed E-state index contributed by atoms with van der Waals surface area (Å²) in [4.78, 5) is 11.2. The molecule has 0 saturated carbocycles. The highest BCUT2D eigenvalue weighted by Gasteiger charge is 2.14. The maximum atomic E-state index is 11.2. The van der Waals surface area contributed by atoms with Gasteiger partial charge in [-0.3, -0.25) is 4.79 Å². The van der Waals surface area contributed by atoms with Crippen LogP contribution in [0.3, 0.4) is 0 Å². The van der Waals surface area contributed by atoms with Crippen LogP contribution in [0.2, 0.25) is 0 Å². The molecule has 0 fully saturated rings. The van der Waals surface area contributed by atoms with E-state index in [2.05, 4.69) is 0 Å². The third-order valence-corrected chi connectivity index (χ3v) is 2.53. The molecule has 1 aromatic carbocycles. The standard InChI is InChI=1S/C13H14O4/c1-2-16-13(15)8-11(14)9-3-4-12-10(7-9)5-6-17-12/h3-7,11,14H,2,8H2,1H3. The molecule has 0 spiro atoms. The molecule has 0 aliphatic heterocycles. The lowest BCUT2D eigenvalue weighted by Gasteiger charge is -2.10. The van der Waals surface area contributed by atoms with Gasteiger partial charge in [0.2, 0.25) is 0 Å². The summed E-state index contributed by atoms with van der Waals surface area (Å²) in [5.41, 5.74) is 1.45. The molecule has 0 bridgehead atoms. The number of rotatable bonds is 4. The third-order valence-electron chi connectivity index (χ3n) is 2.53. The summed E-state index contributed by atoms with van der Waals surface area (Å²) >= 11 is 0. The molecule has 0 radical (unpaired) electrons. The molecule has 2 aromatic rings. The van der Waals surface area contributed by atoms with E-state index in [1.54, 1.807) is 25.3 Å². The lowest BCUT2D eigenvalue weighted by Crippen LogP contribution is -2.09. The molecule has 1 unspecified atom stereocenters. The van der Waals surface area contributed by atoms with E-state index in [1.807, 2.05) is 12.1 Å². The topological polar surface area (TPSA) is 59.7 Å². The second-order valence-electron chi connectivity index (χ2n) is 3.74. The van der Waals surface area contributed by atoms with Gasteiger partial charge in [-0.2, -0.15) is 0 Å². The third kappa shape index (κ3) is 2.65. The Kier molecular flexibility index (Phi) is 3.44. The summed E-state index contributed by atoms with van der Waals surface area (Å²) in [6.07, 6.45) is 0.719. The number of hydrogen-bond donors (Lipinski definition) is 1. The highest BCUT2D eigenvalue weighted by molar-refractivity contribution is 5.78. The molecule has 4 heteroatoms. The molecule has 1 aromatic heterocycles. The summed E-state index contributed by atoms with van der Waals surface area (Å²) in [7, 11) is 0. The van der Waals surface area contributed by atoms with Gasteiger partial charge in [0.25, 0.3) is 0 Å². The van der Waals surface area contributed by atoms with Crippen molar-refractivity contribution in [2.24, 2.45) is 0 Å². The van der Waals surface area contributed by atoms with Gasteiger partial charge in [-0.05, 0) is 30.7 Å². The number of hydrogen-bond acceptors (Lipinski definition) is 4. The van der Waals surface area contributed by atoms with Crippen molar-refractivity contribution in [1.82, 2.24) is 0 Å². The van der Waals surface area contributed by atoms with Gasteiger partial charge in [-0.15, -0.1) is 0 Å². The van der Waals surface area contributed by atoms with E-state index in [4.69, 9.17) is 9.15 Å². The molecule has 1 atom stereocenters. The summed E-state index contributed by atoms with van der Waals surface area (Å²) in [5.74, 6) is -0.396. The van der Waals surface area contributed by atoms with Crippen LogP contribution in [-0.2, 0) is 9.53 Å². The summed E-state index contributed by atoms with van der Waals surface area (Å²) in [5, 5.41) is 10.8. The zero-order valence-electron chi connectivity index (χ0n) is 9.55. The van der Waals surface area contributed by atoms with Crippen molar-refractivity contribution in [1.29, 1.82) is 0 Å². The van der Waals surface area contributed by atoms with Gasteiger partial charge in [0.05, 0.1) is 25.4 Å². The van der Waals surface area contributed by atoms with Gasteiger partial charge in [0.15, 0.2) is 0 Å². The maximum absolute atomic E-state index is 11.2. The van der Waals surface area contributed by atoms with Crippen LogP contribution in [0, 0.1) is 0 Å². The minimum absolute atomic E-state index is 0.0306. The van der Waals surface area contributed by atoms with E-state index in [0.29, 0.717) is 12.2 Å². The fraction of sp³-hybridized carbons (Fsp3) is 0.308. The Bertz CT molecular complexity index is 515. The average molecular weight is 234 g/mol. The smallest absolute Gasteiger partial charge is 0.308 e. The monoisotopic (exact) mass is 234 g/mol. The van der Waals surface area contributed by atoms with E-state index in [1.165, 1.54) is 0 Å². The zero-order valence-corrected chi connectivity index (χ0v) is 9.55. The number of benzene rings is 1. The van der Waals surface area contributed by atoms with E-state index in [0.717, 1.165) is 11.0 Å². The van der Waals surface area contributed by atoms with Gasteiger partial charge >= 0.3 is 5.97 Å². The van der Waals surface area contributed by atoms with Crippen molar-refractivity contribution in [3.05, 3.63) is 36.1 Å². The normalized spacial score (nSPS) is 12.6. The van der Waals surface area contributed by atoms with Gasteiger partial charge in [0.1, 0.15) is 5.58 Å². The molecule has 0 aliphatic carbocycles. The van der Waals surface area contributed by atoms with E-state index in [-0.39, 0.29) is 6.42 Å². The number of aliphatic hydroxyl groups is 1. The van der Waals surface area contributed by atoms with Crippen molar-refractivity contribution >= 4 is 16.9 Å². The first kappa shape index (κ1) is 11.7. The van der Waals surface area contributed by atoms with Gasteiger partial charge in [-0.25, -0.2) is 0 Å². The molecule has 1 heterocycles. The van der Waals surface area contributed by atoms with Crippen LogP contribution >= 0.6 is 0 Å². The Morgan fingerprint density at radius 2 is 2.29 bits per heavy atom. The first-order valence-electron chi connectivity index (χ1n) is 5.51. The van der Waals surface area contributed by atoms with Gasteiger partial charge < -0.3 is 14.3 Å². The Hall–Kier alpha value is -1.81. The molecule has 2 rings (SSSR count). The second kappa shape index (κ2) is 5.01. The van der Waals surface area contributed by atoms with Crippen LogP contribution in [0.1, 0.15) is 25.0 Å². The zero-order chi connectivity index (χ0) is 12.3. The van der Waals surface area contributed by atoms with Gasteiger partial charge in [0, 0.05) is 5.39 Å². The first-order chi connectivity index (χ1) is 8.20. The molecule has 17 heavy (non-hydrogen) atoms. The van der Waals surface area contributed by atoms with Crippen LogP contribution in [0.4, 0.5) is 0 Å². The Balaban J connectivity index is 2.12. The number of fused-ring (bicyclic) bond motifs is 1. The van der Waals surface area contributed by atoms with Crippen molar-refractivity contribution < 1.29 is 19.1 Å². The molecule has 0 amide bonds. The molecular formula is C13H14O4. The first-order valence-corrected chi connectivity index (χ1v) is 5.51. The molecule has 1 N–H and O–H groups in total. The van der Waals surface area contributed by atoms with E-state index in [9.17, 15) is 9.90 Å². The highest BCUT2D eigenvalue weighted by atomic mass is 16.5. The van der Waals surface area contributed by atoms with Crippen molar-refractivity contribution in [3.63, 3.8) is 0 Å². The Labute approximate surface area is 98.8 Å². The quantitative estimate of drug-likeness (QED) is 0.825. The fourth-order valence-electron chi connectivity index (χ4n) is 1.69. The number of aliphatic hydroxyl groups excluding tert-OH is 1. The molecule has 0 saturated heterocycles. The Morgan fingerprint density at radius 3 is 3.06 bits per heavy atom. The van der Waals surface area contributed by atoms with Crippen LogP contribution < -0.4 is 0 Å². The number of carbonyl (C=O) groups excluding carboxylic acids is 1. The molecular weight excluding hydrogens is 220 g/mol. The second-order valence-corrected chi connectivity index (χ2v) is 3.74. The number of ether oxygens (including phenoxy) is 1. The highest BCUT2D eigenvalue weighted by Crippen LogP contribution is 2.23. The maximum Gasteiger partial charge on any atom is 0.308 e. The lowest BCUT2D eigenvalue weighted by molar-refractivity contribution is -0.145. The van der Waals surface area contributed by atoms with E-state index >= 15 is 0 Å². The van der Waals surface area contributed by atoms with Crippen molar-refractivity contribution in [2.45, 2.75) is 19.4 Å². The van der Waals surface area contributed by atoms with Gasteiger partial charge in [-0.1, -0.05) is 6.07 Å². The average Bonchev–Trinajstić information content (AvgIpc) is 2.75. The SMILES string of the molecule is CCOC(=O)CC(O)c1ccc2occc2c1. The molecule has 0 aliphatic rings. The lowest BCUT2D eigenvalue weighted by atomic mass is 10.1. The molecule has 4 nitrogen and oxygen atoms in total. The van der Waals surface area contributed by atoms with E-state index < -0.39 is 12.1 Å². The summed E-state index contributed by atoms with van der Waals surface area (Å²) < 4.78 is 9.99. The van der Waals surface area contributed by atoms with Crippen molar-refractivity contribution in [2.75, 3.05) is 6.61 Å². The molecule has 90 valence electrons. The van der Waals surface area contributed by atoms with Crippen LogP contribution in [0.5, 0.6) is 0 Å². The summed E-state index contributed by atoms with van der Waals surface area (Å²) in [6, 6.07) is 7.15. The summed E-state index contributed by atoms with van der Waals surface area (Å²) in [6.45, 7) is 2.06. The predicted octanol–water partition coefficient (Wildman–Crippen LogP) is 2.42. The van der Waals surface area contributed by atoms with Crippen LogP contribution in [-0.4, -0.2) is 17.7 Å². The predicted molar refractivity (Wildman–Crippen MR) is 62.4 cm³/mol. The number of esters is 1. The Morgan fingerprint density at radius 1 is 1.47 bits per heavy atom. The van der Waals surface area contributed by atoms with Crippen LogP contribution in [0.15, 0.2) is 34.9 Å². The number of carbonyl (C=O) groups is 1.